The average Bonchev–Trinajstić information content (AvgIpc) is 2.89. The Labute approximate surface area is 104 Å². The van der Waals surface area contributed by atoms with Crippen LogP contribution in [0.5, 0.6) is 0 Å². The number of anilines is 1. The zero-order valence-corrected chi connectivity index (χ0v) is 10.7. The first-order valence-corrected chi connectivity index (χ1v) is 6.46. The lowest BCUT2D eigenvalue weighted by Gasteiger charge is -2.19. The summed E-state index contributed by atoms with van der Waals surface area (Å²) in [4.78, 5) is 11.6. The van der Waals surface area contributed by atoms with Crippen LogP contribution in [-0.2, 0) is 4.74 Å². The summed E-state index contributed by atoms with van der Waals surface area (Å²) in [6.45, 7) is 4.57. The third-order valence-electron chi connectivity index (χ3n) is 2.63. The molecule has 2 unspecified atom stereocenters. The second kappa shape index (κ2) is 5.42. The molecule has 1 aromatic rings. The maximum atomic E-state index is 11.6. The van der Waals surface area contributed by atoms with Gasteiger partial charge in [-0.25, -0.2) is 4.79 Å². The van der Waals surface area contributed by atoms with Crippen molar-refractivity contribution in [1.82, 2.24) is 15.5 Å². The van der Waals surface area contributed by atoms with Crippen LogP contribution in [0.15, 0.2) is 0 Å². The van der Waals surface area contributed by atoms with Gasteiger partial charge < -0.3 is 10.1 Å². The number of ether oxygens (including phenoxy) is 1. The molecule has 1 aliphatic rings. The number of carbonyl (C=O) groups excluding carboxylic acids is 1. The fourth-order valence-corrected chi connectivity index (χ4v) is 2.36. The number of nitrogens with zero attached hydrogens (tertiary/aromatic N) is 2. The SMILES string of the molecule is Cc1nnc(NC(=O)NC(C)C2CCCO2)s1. The fraction of sp³-hybridized carbons (Fsp3) is 0.700. The number of hydrogen-bond acceptors (Lipinski definition) is 5. The van der Waals surface area contributed by atoms with Gasteiger partial charge in [-0.2, -0.15) is 0 Å². The quantitative estimate of drug-likeness (QED) is 0.860. The van der Waals surface area contributed by atoms with E-state index in [-0.39, 0.29) is 18.2 Å². The van der Waals surface area contributed by atoms with Crippen molar-refractivity contribution >= 4 is 22.5 Å². The Kier molecular flexibility index (Phi) is 3.90. The summed E-state index contributed by atoms with van der Waals surface area (Å²) in [6, 6.07) is -0.254. The van der Waals surface area contributed by atoms with Crippen LogP contribution in [0.1, 0.15) is 24.8 Å². The van der Waals surface area contributed by atoms with E-state index in [1.807, 2.05) is 13.8 Å². The van der Waals surface area contributed by atoms with Crippen LogP contribution in [0.25, 0.3) is 0 Å². The summed E-state index contributed by atoms with van der Waals surface area (Å²) in [5.41, 5.74) is 0. The van der Waals surface area contributed by atoms with Gasteiger partial charge in [0.1, 0.15) is 5.01 Å². The normalized spacial score (nSPS) is 21.2. The molecule has 0 bridgehead atoms. The number of rotatable bonds is 3. The van der Waals surface area contributed by atoms with E-state index in [1.165, 1.54) is 11.3 Å². The van der Waals surface area contributed by atoms with E-state index in [1.54, 1.807) is 0 Å². The van der Waals surface area contributed by atoms with Crippen LogP contribution >= 0.6 is 11.3 Å². The predicted molar refractivity (Wildman–Crippen MR) is 65.2 cm³/mol. The molecule has 2 atom stereocenters. The molecule has 94 valence electrons. The molecule has 1 saturated heterocycles. The molecule has 0 aliphatic carbocycles. The van der Waals surface area contributed by atoms with E-state index in [0.29, 0.717) is 5.13 Å². The Morgan fingerprint density at radius 2 is 2.41 bits per heavy atom. The van der Waals surface area contributed by atoms with Crippen molar-refractivity contribution in [3.8, 4) is 0 Å². The maximum Gasteiger partial charge on any atom is 0.321 e. The first kappa shape index (κ1) is 12.3. The fourth-order valence-electron chi connectivity index (χ4n) is 1.78. The van der Waals surface area contributed by atoms with Crippen LogP contribution < -0.4 is 10.6 Å². The summed E-state index contributed by atoms with van der Waals surface area (Å²) in [5.74, 6) is 0. The monoisotopic (exact) mass is 256 g/mol. The smallest absolute Gasteiger partial charge is 0.321 e. The van der Waals surface area contributed by atoms with Gasteiger partial charge in [0.05, 0.1) is 12.1 Å². The molecule has 0 spiro atoms. The molecular formula is C10H16N4O2S. The van der Waals surface area contributed by atoms with Gasteiger partial charge in [-0.1, -0.05) is 11.3 Å². The van der Waals surface area contributed by atoms with Crippen molar-refractivity contribution < 1.29 is 9.53 Å². The van der Waals surface area contributed by atoms with E-state index >= 15 is 0 Å². The number of nitrogens with one attached hydrogen (secondary N) is 2. The Hall–Kier alpha value is -1.21. The van der Waals surface area contributed by atoms with Crippen LogP contribution in [0.3, 0.4) is 0 Å². The van der Waals surface area contributed by atoms with Crippen molar-refractivity contribution in [3.63, 3.8) is 0 Å². The number of carbonyl (C=O) groups is 1. The lowest BCUT2D eigenvalue weighted by Crippen LogP contribution is -2.42. The molecule has 0 radical (unpaired) electrons. The minimum Gasteiger partial charge on any atom is -0.376 e. The molecule has 6 nitrogen and oxygen atoms in total. The first-order chi connectivity index (χ1) is 8.15. The summed E-state index contributed by atoms with van der Waals surface area (Å²) < 4.78 is 5.50. The Morgan fingerprint density at radius 3 is 3.00 bits per heavy atom. The van der Waals surface area contributed by atoms with Gasteiger partial charge in [0.25, 0.3) is 0 Å². The van der Waals surface area contributed by atoms with E-state index in [4.69, 9.17) is 4.74 Å². The van der Waals surface area contributed by atoms with Gasteiger partial charge in [-0.15, -0.1) is 10.2 Å². The molecule has 2 rings (SSSR count). The highest BCUT2D eigenvalue weighted by Gasteiger charge is 2.23. The van der Waals surface area contributed by atoms with Gasteiger partial charge in [0, 0.05) is 6.61 Å². The summed E-state index contributed by atoms with van der Waals surface area (Å²) in [7, 11) is 0. The minimum atomic E-state index is -0.260. The third kappa shape index (κ3) is 3.37. The molecular weight excluding hydrogens is 240 g/mol. The van der Waals surface area contributed by atoms with E-state index in [9.17, 15) is 4.79 Å². The van der Waals surface area contributed by atoms with Crippen molar-refractivity contribution in [2.45, 2.75) is 38.8 Å². The summed E-state index contributed by atoms with van der Waals surface area (Å²) in [6.07, 6.45) is 2.18. The van der Waals surface area contributed by atoms with Crippen molar-refractivity contribution in [2.75, 3.05) is 11.9 Å². The molecule has 17 heavy (non-hydrogen) atoms. The number of hydrogen-bond donors (Lipinski definition) is 2. The summed E-state index contributed by atoms with van der Waals surface area (Å²) in [5, 5.41) is 14.5. The molecule has 1 aliphatic heterocycles. The summed E-state index contributed by atoms with van der Waals surface area (Å²) >= 11 is 1.35. The van der Waals surface area contributed by atoms with Crippen LogP contribution in [0.2, 0.25) is 0 Å². The lowest BCUT2D eigenvalue weighted by atomic mass is 10.1. The highest BCUT2D eigenvalue weighted by atomic mass is 32.1. The van der Waals surface area contributed by atoms with Gasteiger partial charge in [0.15, 0.2) is 0 Å². The molecule has 1 fully saturated rings. The number of amides is 2. The zero-order valence-electron chi connectivity index (χ0n) is 9.90. The second-order valence-electron chi connectivity index (χ2n) is 4.06. The van der Waals surface area contributed by atoms with Gasteiger partial charge in [-0.05, 0) is 26.7 Å². The second-order valence-corrected chi connectivity index (χ2v) is 5.25. The Balaban J connectivity index is 1.80. The average molecular weight is 256 g/mol. The van der Waals surface area contributed by atoms with Gasteiger partial charge in [-0.3, -0.25) is 5.32 Å². The van der Waals surface area contributed by atoms with Crippen molar-refractivity contribution in [1.29, 1.82) is 0 Å². The van der Waals surface area contributed by atoms with Gasteiger partial charge >= 0.3 is 6.03 Å². The minimum absolute atomic E-state index is 0.00604. The van der Waals surface area contributed by atoms with Gasteiger partial charge in [0.2, 0.25) is 5.13 Å². The first-order valence-electron chi connectivity index (χ1n) is 5.64. The Morgan fingerprint density at radius 1 is 1.59 bits per heavy atom. The molecule has 2 amide bonds. The third-order valence-corrected chi connectivity index (χ3v) is 3.38. The van der Waals surface area contributed by atoms with Crippen molar-refractivity contribution in [2.24, 2.45) is 0 Å². The van der Waals surface area contributed by atoms with E-state index in [0.717, 1.165) is 24.5 Å². The van der Waals surface area contributed by atoms with E-state index in [2.05, 4.69) is 20.8 Å². The largest absolute Gasteiger partial charge is 0.376 e. The topological polar surface area (TPSA) is 76.1 Å². The molecule has 0 aromatic carbocycles. The lowest BCUT2D eigenvalue weighted by molar-refractivity contribution is 0.0868. The molecule has 0 saturated carbocycles. The number of aromatic nitrogens is 2. The molecule has 1 aromatic heterocycles. The zero-order chi connectivity index (χ0) is 12.3. The molecule has 7 heteroatoms. The maximum absolute atomic E-state index is 11.6. The van der Waals surface area contributed by atoms with Crippen LogP contribution in [-0.4, -0.2) is 35.0 Å². The standard InChI is InChI=1S/C10H16N4O2S/c1-6(8-4-3-5-16-8)11-9(15)12-10-14-13-7(2)17-10/h6,8H,3-5H2,1-2H3,(H2,11,12,14,15). The highest BCUT2D eigenvalue weighted by molar-refractivity contribution is 7.15. The number of urea groups is 1. The molecule has 2 N–H and O–H groups in total. The Bertz CT molecular complexity index is 389. The van der Waals surface area contributed by atoms with Crippen LogP contribution in [0, 0.1) is 6.92 Å². The van der Waals surface area contributed by atoms with Crippen LogP contribution in [0.4, 0.5) is 9.93 Å². The predicted octanol–water partition coefficient (Wildman–Crippen LogP) is 1.54. The van der Waals surface area contributed by atoms with Crippen molar-refractivity contribution in [3.05, 3.63) is 5.01 Å². The number of aryl methyl sites for hydroxylation is 1. The highest BCUT2D eigenvalue weighted by Crippen LogP contribution is 2.16. The molecule has 2 heterocycles. The van der Waals surface area contributed by atoms with E-state index < -0.39 is 0 Å².